The highest BCUT2D eigenvalue weighted by atomic mass is 35.5. The molecule has 7 heteroatoms. The minimum Gasteiger partial charge on any atom is -0.486 e. The number of piperidine rings is 1. The van der Waals surface area contributed by atoms with Crippen molar-refractivity contribution in [3.05, 3.63) is 45.8 Å². The van der Waals surface area contributed by atoms with Crippen molar-refractivity contribution in [1.29, 1.82) is 0 Å². The Balaban J connectivity index is 1.62. The molecule has 0 spiro atoms. The van der Waals surface area contributed by atoms with Gasteiger partial charge in [-0.25, -0.2) is 0 Å². The molecular formula is C19H23ClN2O4. The third-order valence-corrected chi connectivity index (χ3v) is 5.16. The predicted octanol–water partition coefficient (Wildman–Crippen LogP) is 3.77. The molecule has 6 nitrogen and oxygen atoms in total. The van der Waals surface area contributed by atoms with Gasteiger partial charge in [-0.3, -0.25) is 4.79 Å². The van der Waals surface area contributed by atoms with Crippen LogP contribution in [0.4, 0.5) is 0 Å². The van der Waals surface area contributed by atoms with Crippen LogP contribution in [0.2, 0.25) is 5.02 Å². The van der Waals surface area contributed by atoms with E-state index in [0.717, 1.165) is 29.0 Å². The Labute approximate surface area is 158 Å². The molecule has 1 saturated heterocycles. The van der Waals surface area contributed by atoms with Gasteiger partial charge in [0.05, 0.1) is 6.10 Å². The third kappa shape index (κ3) is 4.19. The van der Waals surface area contributed by atoms with Gasteiger partial charge in [0.15, 0.2) is 11.5 Å². The lowest BCUT2D eigenvalue weighted by Gasteiger charge is -2.31. The Kier molecular flexibility index (Phi) is 5.84. The number of amides is 1. The van der Waals surface area contributed by atoms with E-state index in [2.05, 4.69) is 5.16 Å². The van der Waals surface area contributed by atoms with Crippen LogP contribution in [-0.4, -0.2) is 42.3 Å². The number of rotatable bonds is 5. The Bertz CT molecular complexity index is 767. The molecule has 1 atom stereocenters. The summed E-state index contributed by atoms with van der Waals surface area (Å²) < 4.78 is 16.4. The van der Waals surface area contributed by atoms with Crippen molar-refractivity contribution >= 4 is 17.5 Å². The number of benzene rings is 1. The van der Waals surface area contributed by atoms with Crippen molar-refractivity contribution in [2.45, 2.75) is 39.4 Å². The summed E-state index contributed by atoms with van der Waals surface area (Å²) in [5, 5.41) is 4.63. The zero-order valence-corrected chi connectivity index (χ0v) is 16.0. The highest BCUT2D eigenvalue weighted by molar-refractivity contribution is 6.32. The summed E-state index contributed by atoms with van der Waals surface area (Å²) in [6.45, 7) is 5.35. The second-order valence-corrected chi connectivity index (χ2v) is 6.97. The predicted molar refractivity (Wildman–Crippen MR) is 97.7 cm³/mol. The summed E-state index contributed by atoms with van der Waals surface area (Å²) in [7, 11) is 1.67. The van der Waals surface area contributed by atoms with Gasteiger partial charge in [-0.1, -0.05) is 16.8 Å². The molecule has 3 rings (SSSR count). The Morgan fingerprint density at radius 1 is 1.35 bits per heavy atom. The summed E-state index contributed by atoms with van der Waals surface area (Å²) in [6, 6.07) is 5.38. The molecule has 1 fully saturated rings. The van der Waals surface area contributed by atoms with Gasteiger partial charge in [-0.05, 0) is 49.9 Å². The summed E-state index contributed by atoms with van der Waals surface area (Å²) in [4.78, 5) is 14.3. The number of hydrogen-bond donors (Lipinski definition) is 0. The number of carbonyl (C=O) groups excluding carboxylic acids is 1. The molecule has 1 aliphatic rings. The van der Waals surface area contributed by atoms with Crippen LogP contribution >= 0.6 is 11.6 Å². The second kappa shape index (κ2) is 8.10. The molecule has 1 aliphatic heterocycles. The molecule has 1 amide bonds. The number of ether oxygens (including phenoxy) is 2. The SMILES string of the molecule is COC1CCCN(C(=O)c2cc(COc3cc(C)c(Cl)c(C)c3)on2)C1. The smallest absolute Gasteiger partial charge is 0.276 e. The molecular weight excluding hydrogens is 356 g/mol. The topological polar surface area (TPSA) is 64.8 Å². The number of aryl methyl sites for hydroxylation is 2. The Morgan fingerprint density at radius 2 is 2.08 bits per heavy atom. The average molecular weight is 379 g/mol. The van der Waals surface area contributed by atoms with Crippen LogP contribution in [0, 0.1) is 13.8 Å². The molecule has 140 valence electrons. The van der Waals surface area contributed by atoms with Crippen LogP contribution in [0.1, 0.15) is 40.2 Å². The van der Waals surface area contributed by atoms with E-state index in [9.17, 15) is 4.79 Å². The normalized spacial score (nSPS) is 17.4. The van der Waals surface area contributed by atoms with E-state index < -0.39 is 0 Å². The first-order chi connectivity index (χ1) is 12.5. The van der Waals surface area contributed by atoms with Crippen molar-refractivity contribution in [3.8, 4) is 5.75 Å². The van der Waals surface area contributed by atoms with Crippen molar-refractivity contribution in [2.75, 3.05) is 20.2 Å². The maximum atomic E-state index is 12.6. The number of methoxy groups -OCH3 is 1. The lowest BCUT2D eigenvalue weighted by Crippen LogP contribution is -2.43. The fourth-order valence-electron chi connectivity index (χ4n) is 3.10. The molecule has 2 aromatic rings. The molecule has 0 saturated carbocycles. The van der Waals surface area contributed by atoms with E-state index in [1.807, 2.05) is 26.0 Å². The van der Waals surface area contributed by atoms with Gasteiger partial charge in [0, 0.05) is 31.3 Å². The summed E-state index contributed by atoms with van der Waals surface area (Å²) in [5.74, 6) is 1.06. The quantitative estimate of drug-likeness (QED) is 0.792. The molecule has 0 radical (unpaired) electrons. The fourth-order valence-corrected chi connectivity index (χ4v) is 3.21. The largest absolute Gasteiger partial charge is 0.486 e. The van der Waals surface area contributed by atoms with Gasteiger partial charge in [0.2, 0.25) is 0 Å². The van der Waals surface area contributed by atoms with Gasteiger partial charge >= 0.3 is 0 Å². The highest BCUT2D eigenvalue weighted by Gasteiger charge is 2.26. The van der Waals surface area contributed by atoms with Gasteiger partial charge in [0.25, 0.3) is 5.91 Å². The van der Waals surface area contributed by atoms with Crippen molar-refractivity contribution in [2.24, 2.45) is 0 Å². The van der Waals surface area contributed by atoms with Gasteiger partial charge in [-0.15, -0.1) is 0 Å². The van der Waals surface area contributed by atoms with Crippen LogP contribution in [0.15, 0.2) is 22.7 Å². The summed E-state index contributed by atoms with van der Waals surface area (Å²) in [5.41, 5.74) is 2.20. The van der Waals surface area contributed by atoms with E-state index >= 15 is 0 Å². The minimum absolute atomic E-state index is 0.0822. The Morgan fingerprint density at radius 3 is 2.77 bits per heavy atom. The van der Waals surface area contributed by atoms with Crippen molar-refractivity contribution in [3.63, 3.8) is 0 Å². The second-order valence-electron chi connectivity index (χ2n) is 6.59. The summed E-state index contributed by atoms with van der Waals surface area (Å²) in [6.07, 6.45) is 1.98. The number of nitrogens with zero attached hydrogens (tertiary/aromatic N) is 2. The third-order valence-electron chi connectivity index (χ3n) is 4.57. The van der Waals surface area contributed by atoms with Crippen LogP contribution in [0.5, 0.6) is 5.75 Å². The van der Waals surface area contributed by atoms with Crippen molar-refractivity contribution < 1.29 is 18.8 Å². The standard InChI is InChI=1S/C19H23ClN2O4/c1-12-7-15(8-13(2)18(12)20)25-11-16-9-17(21-26-16)19(23)22-6-4-5-14(10-22)24-3/h7-9,14H,4-6,10-11H2,1-3H3. The molecule has 0 N–H and O–H groups in total. The molecule has 26 heavy (non-hydrogen) atoms. The van der Waals surface area contributed by atoms with E-state index in [0.29, 0.717) is 30.3 Å². The minimum atomic E-state index is -0.139. The molecule has 1 aromatic carbocycles. The van der Waals surface area contributed by atoms with Crippen LogP contribution in [0.3, 0.4) is 0 Å². The molecule has 0 bridgehead atoms. The summed E-state index contributed by atoms with van der Waals surface area (Å²) >= 11 is 6.16. The van der Waals surface area contributed by atoms with E-state index in [4.69, 9.17) is 25.6 Å². The molecule has 0 aliphatic carbocycles. The number of carbonyl (C=O) groups is 1. The zero-order valence-electron chi connectivity index (χ0n) is 15.3. The van der Waals surface area contributed by atoms with Gasteiger partial charge in [-0.2, -0.15) is 0 Å². The van der Waals surface area contributed by atoms with E-state index in [1.165, 1.54) is 0 Å². The first-order valence-corrected chi connectivity index (χ1v) is 9.03. The lowest BCUT2D eigenvalue weighted by molar-refractivity contribution is 0.0263. The van der Waals surface area contributed by atoms with Crippen LogP contribution in [0.25, 0.3) is 0 Å². The Hall–Kier alpha value is -2.05. The number of aromatic nitrogens is 1. The molecule has 2 heterocycles. The van der Waals surface area contributed by atoms with E-state index in [-0.39, 0.29) is 18.6 Å². The van der Waals surface area contributed by atoms with Gasteiger partial charge < -0.3 is 18.9 Å². The first-order valence-electron chi connectivity index (χ1n) is 8.65. The molecule has 1 unspecified atom stereocenters. The zero-order chi connectivity index (χ0) is 18.7. The van der Waals surface area contributed by atoms with Gasteiger partial charge in [0.1, 0.15) is 12.4 Å². The molecule has 1 aromatic heterocycles. The fraction of sp³-hybridized carbons (Fsp3) is 0.474. The maximum absolute atomic E-state index is 12.6. The van der Waals surface area contributed by atoms with Crippen molar-refractivity contribution in [1.82, 2.24) is 10.1 Å². The monoisotopic (exact) mass is 378 g/mol. The van der Waals surface area contributed by atoms with Crippen LogP contribution in [-0.2, 0) is 11.3 Å². The van der Waals surface area contributed by atoms with Crippen LogP contribution < -0.4 is 4.74 Å². The maximum Gasteiger partial charge on any atom is 0.276 e. The number of halogens is 1. The number of hydrogen-bond acceptors (Lipinski definition) is 5. The highest BCUT2D eigenvalue weighted by Crippen LogP contribution is 2.26. The van der Waals surface area contributed by atoms with E-state index in [1.54, 1.807) is 18.1 Å². The lowest BCUT2D eigenvalue weighted by atomic mass is 10.1. The average Bonchev–Trinajstić information content (AvgIpc) is 3.12. The first kappa shape index (κ1) is 18.7. The number of likely N-dealkylation sites (tertiary alicyclic amines) is 1.